The van der Waals surface area contributed by atoms with Gasteiger partial charge >= 0.3 is 0 Å². The van der Waals surface area contributed by atoms with Crippen molar-refractivity contribution >= 4 is 17.2 Å². The van der Waals surface area contributed by atoms with Crippen molar-refractivity contribution in [3.05, 3.63) is 58.9 Å². The number of nitrogens with zero attached hydrogens (tertiary/aromatic N) is 3. The van der Waals surface area contributed by atoms with Crippen molar-refractivity contribution in [2.75, 3.05) is 27.3 Å². The fourth-order valence-electron chi connectivity index (χ4n) is 3.66. The highest BCUT2D eigenvalue weighted by molar-refractivity contribution is 7.14. The lowest BCUT2D eigenvalue weighted by atomic mass is 9.98. The van der Waals surface area contributed by atoms with Crippen molar-refractivity contribution in [1.82, 2.24) is 15.1 Å². The number of methoxy groups -OCH3 is 2. The van der Waals surface area contributed by atoms with Crippen LogP contribution in [0.5, 0.6) is 11.5 Å². The molecule has 0 saturated carbocycles. The maximum Gasteiger partial charge on any atom is 0.254 e. The first-order valence-electron chi connectivity index (χ1n) is 9.70. The molecule has 1 fully saturated rings. The largest absolute Gasteiger partial charge is 0.493 e. The number of piperidine rings is 1. The lowest BCUT2D eigenvalue weighted by Crippen LogP contribution is -2.39. The summed E-state index contributed by atoms with van der Waals surface area (Å²) in [6, 6.07) is 11.7. The molecular formula is C22H22FN3O3S. The van der Waals surface area contributed by atoms with Crippen LogP contribution in [0, 0.1) is 5.82 Å². The second-order valence-corrected chi connectivity index (χ2v) is 8.09. The molecule has 1 atom stereocenters. The zero-order valence-corrected chi connectivity index (χ0v) is 17.6. The predicted octanol–water partition coefficient (Wildman–Crippen LogP) is 4.38. The van der Waals surface area contributed by atoms with Crippen molar-refractivity contribution in [1.29, 1.82) is 0 Å². The van der Waals surface area contributed by atoms with Crippen LogP contribution in [0.2, 0.25) is 0 Å². The summed E-state index contributed by atoms with van der Waals surface area (Å²) in [5.74, 6) is 0.824. The number of benzene rings is 2. The Kier molecular flexibility index (Phi) is 5.94. The van der Waals surface area contributed by atoms with E-state index >= 15 is 0 Å². The first kappa shape index (κ1) is 20.3. The summed E-state index contributed by atoms with van der Waals surface area (Å²) >= 11 is 1.39. The topological polar surface area (TPSA) is 64.5 Å². The number of aromatic nitrogens is 2. The van der Waals surface area contributed by atoms with E-state index in [2.05, 4.69) is 10.2 Å². The van der Waals surface area contributed by atoms with Gasteiger partial charge in [0.2, 0.25) is 0 Å². The molecule has 1 aliphatic rings. The molecule has 0 radical (unpaired) electrons. The lowest BCUT2D eigenvalue weighted by molar-refractivity contribution is 0.0706. The predicted molar refractivity (Wildman–Crippen MR) is 113 cm³/mol. The van der Waals surface area contributed by atoms with Gasteiger partial charge in [0.25, 0.3) is 5.91 Å². The third-order valence-electron chi connectivity index (χ3n) is 5.23. The van der Waals surface area contributed by atoms with Gasteiger partial charge in [-0.25, -0.2) is 4.39 Å². The maximum absolute atomic E-state index is 14.1. The van der Waals surface area contributed by atoms with Crippen molar-refractivity contribution in [2.24, 2.45) is 0 Å². The summed E-state index contributed by atoms with van der Waals surface area (Å²) in [5, 5.41) is 9.88. The number of rotatable bonds is 5. The molecule has 8 heteroatoms. The minimum Gasteiger partial charge on any atom is -0.493 e. The van der Waals surface area contributed by atoms with Gasteiger partial charge in [-0.3, -0.25) is 4.79 Å². The SMILES string of the molecule is COc1ccc(C(=O)N2CCCC(c3nnc(-c4ccccc4F)s3)C2)cc1OC. The standard InChI is InChI=1S/C22H22FN3O3S/c1-28-18-10-9-14(12-19(18)29-2)22(27)26-11-5-6-15(13-26)20-24-25-21(30-20)16-7-3-4-8-17(16)23/h3-4,7-10,12,15H,5-6,11,13H2,1-2H3. The molecule has 0 N–H and O–H groups in total. The molecule has 2 aromatic carbocycles. The molecule has 156 valence electrons. The van der Waals surface area contributed by atoms with Crippen LogP contribution in [0.15, 0.2) is 42.5 Å². The average molecular weight is 428 g/mol. The molecule has 6 nitrogen and oxygen atoms in total. The number of ether oxygens (including phenoxy) is 2. The van der Waals surface area contributed by atoms with Crippen LogP contribution in [0.25, 0.3) is 10.6 Å². The first-order valence-corrected chi connectivity index (χ1v) is 10.5. The molecular weight excluding hydrogens is 405 g/mol. The number of likely N-dealkylation sites (tertiary alicyclic amines) is 1. The Morgan fingerprint density at radius 1 is 1.13 bits per heavy atom. The van der Waals surface area contributed by atoms with Crippen LogP contribution in [-0.2, 0) is 0 Å². The smallest absolute Gasteiger partial charge is 0.254 e. The van der Waals surface area contributed by atoms with E-state index in [0.717, 1.165) is 17.8 Å². The maximum atomic E-state index is 14.1. The molecule has 2 heterocycles. The van der Waals surface area contributed by atoms with Gasteiger partial charge in [-0.15, -0.1) is 10.2 Å². The quantitative estimate of drug-likeness (QED) is 0.605. The van der Waals surface area contributed by atoms with Crippen LogP contribution in [-0.4, -0.2) is 48.3 Å². The molecule has 1 aliphatic heterocycles. The molecule has 1 aromatic heterocycles. The summed E-state index contributed by atoms with van der Waals surface area (Å²) in [5.41, 5.74) is 1.01. The molecule has 30 heavy (non-hydrogen) atoms. The molecule has 4 rings (SSSR count). The summed E-state index contributed by atoms with van der Waals surface area (Å²) in [6.07, 6.45) is 1.79. The van der Waals surface area contributed by atoms with Crippen molar-refractivity contribution < 1.29 is 18.7 Å². The van der Waals surface area contributed by atoms with Crippen LogP contribution in [0.4, 0.5) is 4.39 Å². The Morgan fingerprint density at radius 2 is 1.93 bits per heavy atom. The summed E-state index contributed by atoms with van der Waals surface area (Å²) in [7, 11) is 3.11. The van der Waals surface area contributed by atoms with Crippen molar-refractivity contribution in [2.45, 2.75) is 18.8 Å². The van der Waals surface area contributed by atoms with E-state index in [1.165, 1.54) is 17.4 Å². The minimum atomic E-state index is -0.311. The Balaban J connectivity index is 1.51. The van der Waals surface area contributed by atoms with E-state index in [0.29, 0.717) is 40.7 Å². The van der Waals surface area contributed by atoms with Gasteiger partial charge in [0, 0.05) is 30.1 Å². The van der Waals surface area contributed by atoms with Crippen molar-refractivity contribution in [3.8, 4) is 22.1 Å². The number of hydrogen-bond donors (Lipinski definition) is 0. The Bertz CT molecular complexity index is 1060. The summed E-state index contributed by atoms with van der Waals surface area (Å²) in [6.45, 7) is 1.24. The number of carbonyl (C=O) groups is 1. The third kappa shape index (κ3) is 4.00. The van der Waals surface area contributed by atoms with Crippen LogP contribution in [0.3, 0.4) is 0 Å². The molecule has 0 bridgehead atoms. The molecule has 1 saturated heterocycles. The minimum absolute atomic E-state index is 0.0560. The summed E-state index contributed by atoms with van der Waals surface area (Å²) < 4.78 is 24.6. The van der Waals surface area contributed by atoms with E-state index in [-0.39, 0.29) is 17.6 Å². The van der Waals surface area contributed by atoms with E-state index in [4.69, 9.17) is 9.47 Å². The van der Waals surface area contributed by atoms with Crippen LogP contribution < -0.4 is 9.47 Å². The fraction of sp³-hybridized carbons (Fsp3) is 0.318. The Labute approximate surface area is 178 Å². The second kappa shape index (κ2) is 8.79. The number of halogens is 1. The van der Waals surface area contributed by atoms with Crippen LogP contribution in [0.1, 0.15) is 34.1 Å². The molecule has 0 spiro atoms. The molecule has 0 aliphatic carbocycles. The molecule has 3 aromatic rings. The van der Waals surface area contributed by atoms with E-state index < -0.39 is 0 Å². The van der Waals surface area contributed by atoms with E-state index in [1.807, 2.05) is 4.90 Å². The van der Waals surface area contributed by atoms with E-state index in [9.17, 15) is 9.18 Å². The highest BCUT2D eigenvalue weighted by atomic mass is 32.1. The zero-order valence-electron chi connectivity index (χ0n) is 16.8. The first-order chi connectivity index (χ1) is 14.6. The highest BCUT2D eigenvalue weighted by Crippen LogP contribution is 2.34. The normalized spacial score (nSPS) is 16.4. The van der Waals surface area contributed by atoms with Gasteiger partial charge in [0.1, 0.15) is 10.8 Å². The summed E-state index contributed by atoms with van der Waals surface area (Å²) in [4.78, 5) is 14.9. The second-order valence-electron chi connectivity index (χ2n) is 7.09. The van der Waals surface area contributed by atoms with E-state index in [1.54, 1.807) is 50.6 Å². The van der Waals surface area contributed by atoms with Gasteiger partial charge in [-0.1, -0.05) is 23.5 Å². The van der Waals surface area contributed by atoms with Gasteiger partial charge in [-0.05, 0) is 43.2 Å². The molecule has 1 amide bonds. The zero-order chi connectivity index (χ0) is 21.1. The number of carbonyl (C=O) groups excluding carboxylic acids is 1. The fourth-order valence-corrected chi connectivity index (χ4v) is 4.65. The average Bonchev–Trinajstić information content (AvgIpc) is 3.28. The number of hydrogen-bond acceptors (Lipinski definition) is 6. The Hall–Kier alpha value is -3.00. The van der Waals surface area contributed by atoms with Gasteiger partial charge in [0.05, 0.1) is 14.2 Å². The van der Waals surface area contributed by atoms with Crippen molar-refractivity contribution in [3.63, 3.8) is 0 Å². The Morgan fingerprint density at radius 3 is 2.70 bits per heavy atom. The van der Waals surface area contributed by atoms with Crippen LogP contribution >= 0.6 is 11.3 Å². The monoisotopic (exact) mass is 427 g/mol. The van der Waals surface area contributed by atoms with Gasteiger partial charge in [0.15, 0.2) is 16.5 Å². The lowest BCUT2D eigenvalue weighted by Gasteiger charge is -2.31. The van der Waals surface area contributed by atoms with Gasteiger partial charge in [-0.2, -0.15) is 0 Å². The third-order valence-corrected chi connectivity index (χ3v) is 6.35. The number of amides is 1. The molecule has 1 unspecified atom stereocenters. The highest BCUT2D eigenvalue weighted by Gasteiger charge is 2.28. The van der Waals surface area contributed by atoms with Gasteiger partial charge < -0.3 is 14.4 Å².